The Bertz CT molecular complexity index is 683. The minimum Gasteiger partial charge on any atom is -0.478 e. The van der Waals surface area contributed by atoms with E-state index in [1.807, 2.05) is 0 Å². The molecule has 0 fully saturated rings. The lowest BCUT2D eigenvalue weighted by Gasteiger charge is -2.20. The Hall–Kier alpha value is -1.82. The molecule has 0 amide bonds. The van der Waals surface area contributed by atoms with Crippen LogP contribution in [0.1, 0.15) is 34.0 Å². The van der Waals surface area contributed by atoms with E-state index in [-0.39, 0.29) is 16.2 Å². The predicted octanol–water partition coefficient (Wildman–Crippen LogP) is 2.08. The highest BCUT2D eigenvalue weighted by Gasteiger charge is 2.27. The van der Waals surface area contributed by atoms with E-state index in [1.165, 1.54) is 19.1 Å². The Kier molecular flexibility index (Phi) is 2.70. The monoisotopic (exact) mass is 268 g/mol. The highest BCUT2D eigenvalue weighted by Crippen LogP contribution is 2.37. The Labute approximate surface area is 105 Å². The maximum Gasteiger partial charge on any atom is 0.335 e. The lowest BCUT2D eigenvalue weighted by atomic mass is 9.97. The lowest BCUT2D eigenvalue weighted by Crippen LogP contribution is -2.17. The molecule has 1 aromatic rings. The van der Waals surface area contributed by atoms with E-state index in [4.69, 9.17) is 9.29 Å². The van der Waals surface area contributed by atoms with E-state index in [0.717, 1.165) is 0 Å². The smallest absolute Gasteiger partial charge is 0.335 e. The van der Waals surface area contributed by atoms with Crippen LogP contribution in [-0.4, -0.2) is 19.5 Å². The van der Waals surface area contributed by atoms with Gasteiger partial charge in [-0.1, -0.05) is 0 Å². The van der Waals surface area contributed by atoms with Gasteiger partial charge in [-0.25, -0.2) is 4.79 Å². The number of carbonyl (C=O) groups is 1. The Balaban J connectivity index is 2.82. The van der Waals surface area contributed by atoms with Gasteiger partial charge in [0.1, 0.15) is 0 Å². The molecule has 0 spiro atoms. The minimum absolute atomic E-state index is 0.0695. The number of aromatic carboxylic acids is 1. The lowest BCUT2D eigenvalue weighted by molar-refractivity contribution is 0.0696. The molecule has 2 rings (SSSR count). The molecular formula is C12H12O5S. The van der Waals surface area contributed by atoms with E-state index >= 15 is 0 Å². The molecule has 0 saturated heterocycles. The zero-order valence-electron chi connectivity index (χ0n) is 10.1. The molecule has 0 radical (unpaired) electrons. The van der Waals surface area contributed by atoms with Gasteiger partial charge in [-0.2, -0.15) is 8.42 Å². The Morgan fingerprint density at radius 2 is 1.89 bits per heavy atom. The summed E-state index contributed by atoms with van der Waals surface area (Å²) in [6.45, 7) is 4.67. The van der Waals surface area contributed by atoms with Crippen molar-refractivity contribution in [2.75, 3.05) is 0 Å². The van der Waals surface area contributed by atoms with Crippen molar-refractivity contribution in [3.8, 4) is 5.75 Å². The van der Waals surface area contributed by atoms with Crippen molar-refractivity contribution in [3.05, 3.63) is 33.2 Å². The highest BCUT2D eigenvalue weighted by atomic mass is 32.2. The third kappa shape index (κ3) is 1.78. The van der Waals surface area contributed by atoms with Crippen LogP contribution in [0.15, 0.2) is 11.0 Å². The van der Waals surface area contributed by atoms with E-state index in [2.05, 4.69) is 0 Å². The fraction of sp³-hybridized carbons (Fsp3) is 0.250. The van der Waals surface area contributed by atoms with Crippen LogP contribution in [0.2, 0.25) is 0 Å². The number of hydrogen-bond acceptors (Lipinski definition) is 4. The fourth-order valence-corrected chi connectivity index (χ4v) is 2.71. The summed E-state index contributed by atoms with van der Waals surface area (Å²) in [7, 11) is -3.73. The van der Waals surface area contributed by atoms with Crippen LogP contribution in [0.4, 0.5) is 0 Å². The number of carboxylic acids is 1. The first kappa shape index (κ1) is 12.6. The summed E-state index contributed by atoms with van der Waals surface area (Å²) in [5.41, 5.74) is 1.65. The average Bonchev–Trinajstić information content (AvgIpc) is 2.25. The fourth-order valence-electron chi connectivity index (χ4n) is 1.88. The SMILES string of the molecule is CC1=Cc2c(C)c(C(=O)O)cc(C)c2OS1(=O)=O. The third-order valence-corrected chi connectivity index (χ3v) is 4.23. The van der Waals surface area contributed by atoms with Crippen molar-refractivity contribution in [3.63, 3.8) is 0 Å². The molecule has 96 valence electrons. The number of fused-ring (bicyclic) bond motifs is 1. The van der Waals surface area contributed by atoms with E-state index in [9.17, 15) is 13.2 Å². The summed E-state index contributed by atoms with van der Waals surface area (Å²) in [4.78, 5) is 11.2. The van der Waals surface area contributed by atoms with Crippen molar-refractivity contribution in [2.24, 2.45) is 0 Å². The van der Waals surface area contributed by atoms with E-state index < -0.39 is 16.1 Å². The van der Waals surface area contributed by atoms with Gasteiger partial charge in [-0.3, -0.25) is 0 Å². The number of hydrogen-bond donors (Lipinski definition) is 1. The van der Waals surface area contributed by atoms with Gasteiger partial charge in [0, 0.05) is 5.56 Å². The number of allylic oxidation sites excluding steroid dienone is 1. The first-order valence-electron chi connectivity index (χ1n) is 5.24. The molecule has 0 saturated carbocycles. The van der Waals surface area contributed by atoms with Crippen LogP contribution in [-0.2, 0) is 10.1 Å². The summed E-state index contributed by atoms with van der Waals surface area (Å²) in [6, 6.07) is 1.42. The molecule has 1 heterocycles. The molecular weight excluding hydrogens is 256 g/mol. The third-order valence-electron chi connectivity index (χ3n) is 2.94. The first-order chi connectivity index (χ1) is 8.24. The van der Waals surface area contributed by atoms with E-state index in [0.29, 0.717) is 16.7 Å². The van der Waals surface area contributed by atoms with Crippen LogP contribution < -0.4 is 4.18 Å². The Morgan fingerprint density at radius 3 is 2.44 bits per heavy atom. The number of benzene rings is 1. The van der Waals surface area contributed by atoms with Gasteiger partial charge in [-0.05, 0) is 44.0 Å². The second kappa shape index (κ2) is 3.84. The molecule has 1 aliphatic rings. The molecule has 5 nitrogen and oxygen atoms in total. The normalized spacial score (nSPS) is 16.5. The molecule has 0 aromatic heterocycles. The molecule has 0 aliphatic carbocycles. The van der Waals surface area contributed by atoms with Crippen molar-refractivity contribution < 1.29 is 22.5 Å². The molecule has 1 N–H and O–H groups in total. The van der Waals surface area contributed by atoms with Gasteiger partial charge in [0.25, 0.3) is 0 Å². The van der Waals surface area contributed by atoms with Gasteiger partial charge < -0.3 is 9.29 Å². The summed E-state index contributed by atoms with van der Waals surface area (Å²) in [5, 5.41) is 9.08. The number of aryl methyl sites for hydroxylation is 1. The van der Waals surface area contributed by atoms with Crippen molar-refractivity contribution in [1.82, 2.24) is 0 Å². The second-order valence-electron chi connectivity index (χ2n) is 4.21. The van der Waals surface area contributed by atoms with Gasteiger partial charge in [0.15, 0.2) is 5.75 Å². The van der Waals surface area contributed by atoms with E-state index in [1.54, 1.807) is 13.8 Å². The van der Waals surface area contributed by atoms with Crippen LogP contribution in [0, 0.1) is 13.8 Å². The molecule has 6 heteroatoms. The second-order valence-corrected chi connectivity index (χ2v) is 5.93. The molecule has 18 heavy (non-hydrogen) atoms. The summed E-state index contributed by atoms with van der Waals surface area (Å²) < 4.78 is 28.2. The van der Waals surface area contributed by atoms with Gasteiger partial charge in [0.05, 0.1) is 10.5 Å². The summed E-state index contributed by atoms with van der Waals surface area (Å²) in [6.07, 6.45) is 1.45. The molecule has 0 bridgehead atoms. The van der Waals surface area contributed by atoms with Crippen molar-refractivity contribution in [2.45, 2.75) is 20.8 Å². The van der Waals surface area contributed by atoms with Crippen molar-refractivity contribution in [1.29, 1.82) is 0 Å². The zero-order valence-corrected chi connectivity index (χ0v) is 11.0. The predicted molar refractivity (Wildman–Crippen MR) is 66.1 cm³/mol. The number of carboxylic acid groups (broad SMARTS) is 1. The zero-order chi connectivity index (χ0) is 13.7. The minimum atomic E-state index is -3.73. The van der Waals surface area contributed by atoms with Crippen LogP contribution in [0.5, 0.6) is 5.75 Å². The molecule has 0 atom stereocenters. The van der Waals surface area contributed by atoms with Crippen molar-refractivity contribution >= 4 is 22.2 Å². The highest BCUT2D eigenvalue weighted by molar-refractivity contribution is 7.91. The summed E-state index contributed by atoms with van der Waals surface area (Å²) in [5.74, 6) is -0.832. The Morgan fingerprint density at radius 1 is 1.28 bits per heavy atom. The topological polar surface area (TPSA) is 80.7 Å². The quantitative estimate of drug-likeness (QED) is 0.789. The van der Waals surface area contributed by atoms with Crippen LogP contribution >= 0.6 is 0 Å². The van der Waals surface area contributed by atoms with Gasteiger partial charge in [-0.15, -0.1) is 0 Å². The molecule has 1 aromatic carbocycles. The maximum absolute atomic E-state index is 11.6. The number of rotatable bonds is 1. The largest absolute Gasteiger partial charge is 0.478 e. The maximum atomic E-state index is 11.6. The van der Waals surface area contributed by atoms with Gasteiger partial charge >= 0.3 is 16.1 Å². The van der Waals surface area contributed by atoms with Crippen LogP contribution in [0.3, 0.4) is 0 Å². The molecule has 1 aliphatic heterocycles. The summed E-state index contributed by atoms with van der Waals surface area (Å²) >= 11 is 0. The first-order valence-corrected chi connectivity index (χ1v) is 6.65. The average molecular weight is 268 g/mol. The van der Waals surface area contributed by atoms with Gasteiger partial charge in [0.2, 0.25) is 0 Å². The van der Waals surface area contributed by atoms with Crippen LogP contribution in [0.25, 0.3) is 6.08 Å². The molecule has 0 unspecified atom stereocenters. The standard InChI is InChI=1S/C12H12O5S/c1-6-4-10(12(13)14)8(3)9-5-7(2)18(15,16)17-11(6)9/h4-5H,1-3H3,(H,13,14).